The van der Waals surface area contributed by atoms with Gasteiger partial charge in [-0.3, -0.25) is 4.79 Å². The number of carbonyl (C=O) groups is 1. The van der Waals surface area contributed by atoms with Crippen molar-refractivity contribution in [3.63, 3.8) is 0 Å². The highest BCUT2D eigenvalue weighted by molar-refractivity contribution is 5.97. The highest BCUT2D eigenvalue weighted by atomic mass is 16.1. The molecule has 1 aliphatic heterocycles. The summed E-state index contributed by atoms with van der Waals surface area (Å²) in [7, 11) is 0. The molecule has 1 aliphatic rings. The molecule has 3 N–H and O–H groups in total. The van der Waals surface area contributed by atoms with Crippen molar-refractivity contribution in [2.24, 2.45) is 5.73 Å². The highest BCUT2D eigenvalue weighted by Gasteiger charge is 2.12. The number of allylic oxidation sites excluding steroid dienone is 1. The molecule has 0 saturated heterocycles. The van der Waals surface area contributed by atoms with Gasteiger partial charge in [-0.05, 0) is 19.9 Å². The average Bonchev–Trinajstić information content (AvgIpc) is 1.85. The smallest absolute Gasteiger partial charge is 0.163 e. The van der Waals surface area contributed by atoms with Gasteiger partial charge in [0.1, 0.15) is 0 Å². The Morgan fingerprint density at radius 1 is 1.73 bits per heavy atom. The number of Topliss-reactive ketones (excluding diaryl/α,β-unsaturated/α-hetero) is 1. The van der Waals surface area contributed by atoms with Crippen molar-refractivity contribution in [1.82, 2.24) is 5.32 Å². The largest absolute Gasteiger partial charge is 0.398 e. The number of hydrogen-bond acceptors (Lipinski definition) is 3. The molecule has 0 bridgehead atoms. The van der Waals surface area contributed by atoms with E-state index in [9.17, 15) is 4.79 Å². The van der Waals surface area contributed by atoms with Crippen LogP contribution in [0.3, 0.4) is 0 Å². The zero-order valence-electron chi connectivity index (χ0n) is 6.72. The third-order valence-electron chi connectivity index (χ3n) is 1.61. The van der Waals surface area contributed by atoms with Crippen molar-refractivity contribution in [2.75, 3.05) is 0 Å². The molecular weight excluding hydrogens is 140 g/mol. The van der Waals surface area contributed by atoms with Gasteiger partial charge in [0.05, 0.1) is 5.57 Å². The second kappa shape index (κ2) is 2.78. The first-order valence-corrected chi connectivity index (χ1v) is 3.56. The Morgan fingerprint density at radius 3 is 2.82 bits per heavy atom. The van der Waals surface area contributed by atoms with Crippen molar-refractivity contribution in [2.45, 2.75) is 19.9 Å². The van der Waals surface area contributed by atoms with Crippen LogP contribution in [0.5, 0.6) is 0 Å². The number of dihydropyridines is 1. The lowest BCUT2D eigenvalue weighted by molar-refractivity contribution is -0.113. The van der Waals surface area contributed by atoms with E-state index in [2.05, 4.69) is 5.32 Å². The number of ketones is 1. The Hall–Kier alpha value is -1.25. The second-order valence-electron chi connectivity index (χ2n) is 2.69. The van der Waals surface area contributed by atoms with Crippen molar-refractivity contribution < 1.29 is 4.79 Å². The molecule has 0 fully saturated rings. The number of nitrogens with one attached hydrogen (secondary N) is 1. The summed E-state index contributed by atoms with van der Waals surface area (Å²) in [4.78, 5) is 10.9. The Balaban J connectivity index is 2.86. The van der Waals surface area contributed by atoms with Crippen LogP contribution in [0.15, 0.2) is 23.5 Å². The Kier molecular flexibility index (Phi) is 1.98. The molecular formula is C8H12N2O. The van der Waals surface area contributed by atoms with Crippen LogP contribution in [0.2, 0.25) is 0 Å². The minimum Gasteiger partial charge on any atom is -0.398 e. The normalized spacial score (nSPS) is 23.3. The first-order valence-electron chi connectivity index (χ1n) is 3.56. The highest BCUT2D eigenvalue weighted by Crippen LogP contribution is 2.09. The monoisotopic (exact) mass is 152 g/mol. The van der Waals surface area contributed by atoms with Gasteiger partial charge in [-0.1, -0.05) is 0 Å². The fourth-order valence-electron chi connectivity index (χ4n) is 1.01. The summed E-state index contributed by atoms with van der Waals surface area (Å²) < 4.78 is 0. The van der Waals surface area contributed by atoms with Crippen LogP contribution >= 0.6 is 0 Å². The molecule has 3 nitrogen and oxygen atoms in total. The van der Waals surface area contributed by atoms with Gasteiger partial charge < -0.3 is 11.1 Å². The van der Waals surface area contributed by atoms with Gasteiger partial charge in [-0.25, -0.2) is 0 Å². The number of rotatable bonds is 1. The third-order valence-corrected chi connectivity index (χ3v) is 1.61. The summed E-state index contributed by atoms with van der Waals surface area (Å²) in [5.41, 5.74) is 6.75. The minimum atomic E-state index is -0.00171. The van der Waals surface area contributed by atoms with Crippen molar-refractivity contribution in [1.29, 1.82) is 0 Å². The van der Waals surface area contributed by atoms with E-state index in [0.29, 0.717) is 11.3 Å². The van der Waals surface area contributed by atoms with Gasteiger partial charge in [-0.15, -0.1) is 0 Å². The van der Waals surface area contributed by atoms with Crippen molar-refractivity contribution in [3.05, 3.63) is 23.5 Å². The lowest BCUT2D eigenvalue weighted by atomic mass is 10.1. The number of carbonyl (C=O) groups excluding carboxylic acids is 1. The molecule has 60 valence electrons. The van der Waals surface area contributed by atoms with Crippen LogP contribution in [-0.4, -0.2) is 11.8 Å². The molecule has 1 unspecified atom stereocenters. The van der Waals surface area contributed by atoms with E-state index in [-0.39, 0.29) is 11.8 Å². The summed E-state index contributed by atoms with van der Waals surface area (Å²) in [6.45, 7) is 3.48. The van der Waals surface area contributed by atoms with E-state index in [1.807, 2.05) is 13.0 Å². The summed E-state index contributed by atoms with van der Waals surface area (Å²) in [6, 6.07) is 0.220. The molecule has 1 rings (SSSR count). The fourth-order valence-corrected chi connectivity index (χ4v) is 1.01. The standard InChI is InChI=1S/C8H12N2O/c1-5-3-8(9)7(4-10-5)6(2)11/h3-5,10H,9H2,1-2H3. The predicted molar refractivity (Wildman–Crippen MR) is 43.6 cm³/mol. The maximum atomic E-state index is 10.9. The Bertz CT molecular complexity index is 240. The van der Waals surface area contributed by atoms with Gasteiger partial charge in [0.2, 0.25) is 0 Å². The molecule has 11 heavy (non-hydrogen) atoms. The summed E-state index contributed by atoms with van der Waals surface area (Å²) in [6.07, 6.45) is 3.50. The molecule has 0 aromatic heterocycles. The molecule has 0 amide bonds. The molecule has 0 radical (unpaired) electrons. The van der Waals surface area contributed by atoms with E-state index in [4.69, 9.17) is 5.73 Å². The van der Waals surface area contributed by atoms with E-state index < -0.39 is 0 Å². The van der Waals surface area contributed by atoms with Crippen LogP contribution in [0.1, 0.15) is 13.8 Å². The predicted octanol–water partition coefficient (Wildman–Crippen LogP) is 0.294. The summed E-state index contributed by atoms with van der Waals surface area (Å²) in [5, 5.41) is 3.00. The minimum absolute atomic E-state index is 0.00171. The van der Waals surface area contributed by atoms with E-state index in [1.165, 1.54) is 6.92 Å². The molecule has 0 saturated carbocycles. The lowest BCUT2D eigenvalue weighted by Gasteiger charge is -2.16. The first kappa shape index (κ1) is 7.85. The summed E-state index contributed by atoms with van der Waals surface area (Å²) >= 11 is 0. The van der Waals surface area contributed by atoms with Crippen LogP contribution in [-0.2, 0) is 4.79 Å². The number of hydrogen-bond donors (Lipinski definition) is 2. The molecule has 3 heteroatoms. The van der Waals surface area contributed by atoms with E-state index >= 15 is 0 Å². The molecule has 0 aromatic carbocycles. The zero-order valence-corrected chi connectivity index (χ0v) is 6.72. The quantitative estimate of drug-likeness (QED) is 0.568. The molecule has 0 aliphatic carbocycles. The van der Waals surface area contributed by atoms with Crippen molar-refractivity contribution in [3.8, 4) is 0 Å². The maximum absolute atomic E-state index is 10.9. The number of nitrogens with two attached hydrogens (primary N) is 1. The van der Waals surface area contributed by atoms with Gasteiger partial charge in [0.25, 0.3) is 0 Å². The van der Waals surface area contributed by atoms with E-state index in [0.717, 1.165) is 0 Å². The Labute approximate surface area is 66.0 Å². The second-order valence-corrected chi connectivity index (χ2v) is 2.69. The average molecular weight is 152 g/mol. The SMILES string of the molecule is CC(=O)C1=CNC(C)C=C1N. The van der Waals surface area contributed by atoms with Crippen LogP contribution < -0.4 is 11.1 Å². The maximum Gasteiger partial charge on any atom is 0.163 e. The molecule has 1 heterocycles. The van der Waals surface area contributed by atoms with Gasteiger partial charge in [-0.2, -0.15) is 0 Å². The van der Waals surface area contributed by atoms with Gasteiger partial charge in [0.15, 0.2) is 5.78 Å². The molecule has 0 spiro atoms. The molecule has 1 atom stereocenters. The van der Waals surface area contributed by atoms with Crippen LogP contribution in [0.25, 0.3) is 0 Å². The zero-order chi connectivity index (χ0) is 8.43. The molecule has 0 aromatic rings. The Morgan fingerprint density at radius 2 is 2.36 bits per heavy atom. The van der Waals surface area contributed by atoms with Gasteiger partial charge >= 0.3 is 0 Å². The third kappa shape index (κ3) is 1.61. The lowest BCUT2D eigenvalue weighted by Crippen LogP contribution is -2.27. The fraction of sp³-hybridized carbons (Fsp3) is 0.375. The topological polar surface area (TPSA) is 55.1 Å². The first-order chi connectivity index (χ1) is 5.11. The van der Waals surface area contributed by atoms with Crippen LogP contribution in [0, 0.1) is 0 Å². The van der Waals surface area contributed by atoms with E-state index in [1.54, 1.807) is 6.20 Å². The van der Waals surface area contributed by atoms with Crippen LogP contribution in [0.4, 0.5) is 0 Å². The summed E-state index contributed by atoms with van der Waals surface area (Å²) in [5.74, 6) is -0.00171. The van der Waals surface area contributed by atoms with Crippen molar-refractivity contribution >= 4 is 5.78 Å². The van der Waals surface area contributed by atoms with Gasteiger partial charge in [0, 0.05) is 17.9 Å².